The number of hydrogen-bond donors (Lipinski definition) is 1. The summed E-state index contributed by atoms with van der Waals surface area (Å²) in [6.45, 7) is 2.36. The van der Waals surface area contributed by atoms with Crippen LogP contribution in [0.2, 0.25) is 0 Å². The standard InChI is InChI=1S/C22H28N2O3S/c1-27-20-10-7-18(8-11-20)22(24-13-2-3-14-24)16-23-28(25,26)21-12-9-17-5-4-6-19(17)15-21/h7-12,15,22-23H,2-6,13-14,16H2,1H3. The fourth-order valence-electron chi connectivity index (χ4n) is 4.32. The van der Waals surface area contributed by atoms with Crippen molar-refractivity contribution in [3.63, 3.8) is 0 Å². The summed E-state index contributed by atoms with van der Waals surface area (Å²) in [4.78, 5) is 2.75. The Morgan fingerprint density at radius 1 is 1.00 bits per heavy atom. The Balaban J connectivity index is 1.53. The van der Waals surface area contributed by atoms with Crippen LogP contribution in [-0.4, -0.2) is 40.1 Å². The molecule has 2 aromatic carbocycles. The molecule has 0 aromatic heterocycles. The molecule has 1 saturated heterocycles. The van der Waals surface area contributed by atoms with Crippen LogP contribution in [0.15, 0.2) is 47.4 Å². The van der Waals surface area contributed by atoms with E-state index in [1.54, 1.807) is 13.2 Å². The molecule has 6 heteroatoms. The maximum Gasteiger partial charge on any atom is 0.240 e. The van der Waals surface area contributed by atoms with Gasteiger partial charge in [-0.25, -0.2) is 13.1 Å². The van der Waals surface area contributed by atoms with Crippen molar-refractivity contribution in [2.75, 3.05) is 26.7 Å². The van der Waals surface area contributed by atoms with Gasteiger partial charge in [0, 0.05) is 12.6 Å². The number of benzene rings is 2. The first-order valence-electron chi connectivity index (χ1n) is 10.1. The number of likely N-dealkylation sites (tertiary alicyclic amines) is 1. The van der Waals surface area contributed by atoms with Crippen molar-refractivity contribution in [2.45, 2.75) is 43.0 Å². The predicted molar refractivity (Wildman–Crippen MR) is 110 cm³/mol. The molecule has 0 radical (unpaired) electrons. The number of methoxy groups -OCH3 is 1. The molecule has 2 aromatic rings. The van der Waals surface area contributed by atoms with Gasteiger partial charge in [0.2, 0.25) is 10.0 Å². The summed E-state index contributed by atoms with van der Waals surface area (Å²) in [6, 6.07) is 13.5. The maximum atomic E-state index is 12.9. The second-order valence-electron chi connectivity index (χ2n) is 7.67. The first-order valence-corrected chi connectivity index (χ1v) is 11.5. The molecular weight excluding hydrogens is 372 g/mol. The smallest absolute Gasteiger partial charge is 0.240 e. The number of nitrogens with zero attached hydrogens (tertiary/aromatic N) is 1. The van der Waals surface area contributed by atoms with Gasteiger partial charge in [-0.1, -0.05) is 18.2 Å². The first-order chi connectivity index (χ1) is 13.6. The minimum absolute atomic E-state index is 0.0256. The van der Waals surface area contributed by atoms with Crippen LogP contribution < -0.4 is 9.46 Å². The van der Waals surface area contributed by atoms with Crippen LogP contribution in [-0.2, 0) is 22.9 Å². The number of nitrogens with one attached hydrogen (secondary N) is 1. The van der Waals surface area contributed by atoms with Crippen molar-refractivity contribution in [3.8, 4) is 5.75 Å². The zero-order valence-electron chi connectivity index (χ0n) is 16.4. The van der Waals surface area contributed by atoms with E-state index in [1.165, 1.54) is 11.1 Å². The van der Waals surface area contributed by atoms with Crippen molar-refractivity contribution in [1.29, 1.82) is 0 Å². The number of aryl methyl sites for hydroxylation is 2. The van der Waals surface area contributed by atoms with Crippen LogP contribution >= 0.6 is 0 Å². The van der Waals surface area contributed by atoms with Gasteiger partial charge in [0.15, 0.2) is 0 Å². The molecule has 0 saturated carbocycles. The Kier molecular flexibility index (Phi) is 5.71. The molecule has 1 unspecified atom stereocenters. The molecule has 0 amide bonds. The Bertz CT molecular complexity index is 919. The number of hydrogen-bond acceptors (Lipinski definition) is 4. The summed E-state index contributed by atoms with van der Waals surface area (Å²) in [5.41, 5.74) is 3.57. The summed E-state index contributed by atoms with van der Waals surface area (Å²) >= 11 is 0. The van der Waals surface area contributed by atoms with Crippen LogP contribution in [0.4, 0.5) is 0 Å². The third kappa shape index (κ3) is 4.09. The second-order valence-corrected chi connectivity index (χ2v) is 9.43. The molecule has 1 fully saturated rings. The van der Waals surface area contributed by atoms with Crippen molar-refractivity contribution >= 4 is 10.0 Å². The molecule has 1 heterocycles. The van der Waals surface area contributed by atoms with Gasteiger partial charge in [-0.2, -0.15) is 0 Å². The molecule has 4 rings (SSSR count). The molecule has 1 N–H and O–H groups in total. The van der Waals surface area contributed by atoms with E-state index in [4.69, 9.17) is 4.74 Å². The van der Waals surface area contributed by atoms with Crippen LogP contribution in [0.1, 0.15) is 42.0 Å². The lowest BCUT2D eigenvalue weighted by Gasteiger charge is -2.28. The minimum Gasteiger partial charge on any atom is -0.497 e. The van der Waals surface area contributed by atoms with E-state index in [-0.39, 0.29) is 6.04 Å². The molecule has 2 aliphatic rings. The molecule has 28 heavy (non-hydrogen) atoms. The van der Waals surface area contributed by atoms with Crippen LogP contribution in [0.25, 0.3) is 0 Å². The SMILES string of the molecule is COc1ccc(C(CNS(=O)(=O)c2ccc3c(c2)CCC3)N2CCCC2)cc1. The Morgan fingerprint density at radius 3 is 2.43 bits per heavy atom. The second kappa shape index (κ2) is 8.23. The first kappa shape index (κ1) is 19.4. The Hall–Kier alpha value is -1.89. The van der Waals surface area contributed by atoms with Crippen LogP contribution in [0.3, 0.4) is 0 Å². The van der Waals surface area contributed by atoms with Crippen LogP contribution in [0.5, 0.6) is 5.75 Å². The highest BCUT2D eigenvalue weighted by Crippen LogP contribution is 2.28. The van der Waals surface area contributed by atoms with Gasteiger partial charge in [0.25, 0.3) is 0 Å². The lowest BCUT2D eigenvalue weighted by Crippen LogP contribution is -2.36. The lowest BCUT2D eigenvalue weighted by molar-refractivity contribution is 0.246. The highest BCUT2D eigenvalue weighted by Gasteiger charge is 2.26. The predicted octanol–water partition coefficient (Wildman–Crippen LogP) is 3.30. The normalized spacial score (nSPS) is 18.2. The third-order valence-corrected chi connectivity index (χ3v) is 7.35. The molecule has 1 aliphatic heterocycles. The van der Waals surface area contributed by atoms with Gasteiger partial charge >= 0.3 is 0 Å². The summed E-state index contributed by atoms with van der Waals surface area (Å²) in [6.07, 6.45) is 5.45. The van der Waals surface area contributed by atoms with Crippen molar-refractivity contribution in [3.05, 3.63) is 59.2 Å². The zero-order chi connectivity index (χ0) is 19.6. The minimum atomic E-state index is -3.53. The Labute approximate surface area is 167 Å². The van der Waals surface area contributed by atoms with E-state index in [2.05, 4.69) is 9.62 Å². The fraction of sp³-hybridized carbons (Fsp3) is 0.455. The summed E-state index contributed by atoms with van der Waals surface area (Å²) in [5, 5.41) is 0. The number of fused-ring (bicyclic) bond motifs is 1. The molecule has 1 atom stereocenters. The molecule has 0 spiro atoms. The monoisotopic (exact) mass is 400 g/mol. The van der Waals surface area contributed by atoms with Gasteiger partial charge < -0.3 is 4.74 Å². The molecule has 5 nitrogen and oxygen atoms in total. The Morgan fingerprint density at radius 2 is 1.71 bits per heavy atom. The lowest BCUT2D eigenvalue weighted by atomic mass is 10.1. The fourth-order valence-corrected chi connectivity index (χ4v) is 5.41. The highest BCUT2D eigenvalue weighted by molar-refractivity contribution is 7.89. The van der Waals surface area contributed by atoms with Gasteiger partial charge in [-0.05, 0) is 86.1 Å². The van der Waals surface area contributed by atoms with E-state index in [9.17, 15) is 8.42 Å². The van der Waals surface area contributed by atoms with Gasteiger partial charge in [-0.3, -0.25) is 4.90 Å². The summed E-state index contributed by atoms with van der Waals surface area (Å²) in [7, 11) is -1.88. The third-order valence-electron chi connectivity index (χ3n) is 5.93. The van der Waals surface area contributed by atoms with Crippen molar-refractivity contribution < 1.29 is 13.2 Å². The summed E-state index contributed by atoms with van der Waals surface area (Å²) < 4.78 is 34.0. The van der Waals surface area contributed by atoms with E-state index in [0.717, 1.165) is 56.5 Å². The van der Waals surface area contributed by atoms with Gasteiger partial charge in [-0.15, -0.1) is 0 Å². The zero-order valence-corrected chi connectivity index (χ0v) is 17.2. The molecular formula is C22H28N2O3S. The van der Waals surface area contributed by atoms with Gasteiger partial charge in [0.05, 0.1) is 12.0 Å². The molecule has 150 valence electrons. The maximum absolute atomic E-state index is 12.9. The number of rotatable bonds is 7. The van der Waals surface area contributed by atoms with E-state index < -0.39 is 10.0 Å². The van der Waals surface area contributed by atoms with E-state index in [1.807, 2.05) is 36.4 Å². The number of ether oxygens (including phenoxy) is 1. The van der Waals surface area contributed by atoms with E-state index >= 15 is 0 Å². The average Bonchev–Trinajstić information content (AvgIpc) is 3.40. The highest BCUT2D eigenvalue weighted by atomic mass is 32.2. The number of sulfonamides is 1. The summed E-state index contributed by atoms with van der Waals surface area (Å²) in [5.74, 6) is 0.808. The van der Waals surface area contributed by atoms with E-state index in [0.29, 0.717) is 11.4 Å². The van der Waals surface area contributed by atoms with Crippen LogP contribution in [0, 0.1) is 0 Å². The largest absolute Gasteiger partial charge is 0.497 e. The topological polar surface area (TPSA) is 58.6 Å². The quantitative estimate of drug-likeness (QED) is 0.775. The van der Waals surface area contributed by atoms with Crippen molar-refractivity contribution in [2.24, 2.45) is 0 Å². The molecule has 0 bridgehead atoms. The average molecular weight is 401 g/mol. The molecule has 1 aliphatic carbocycles. The van der Waals surface area contributed by atoms with Crippen molar-refractivity contribution in [1.82, 2.24) is 9.62 Å². The van der Waals surface area contributed by atoms with Gasteiger partial charge in [0.1, 0.15) is 5.75 Å².